The summed E-state index contributed by atoms with van der Waals surface area (Å²) >= 11 is 0. The van der Waals surface area contributed by atoms with Crippen LogP contribution in [-0.4, -0.2) is 33.4 Å². The molecule has 0 radical (unpaired) electrons. The molecule has 0 aliphatic rings. The third-order valence-corrected chi connectivity index (χ3v) is 4.88. The van der Waals surface area contributed by atoms with E-state index >= 15 is 0 Å². The fourth-order valence-corrected chi connectivity index (χ4v) is 3.24. The normalized spacial score (nSPS) is 10.9. The monoisotopic (exact) mass is 388 g/mol. The van der Waals surface area contributed by atoms with Crippen molar-refractivity contribution in [3.05, 3.63) is 72.3 Å². The predicted octanol–water partition coefficient (Wildman–Crippen LogP) is 2.58. The first kappa shape index (κ1) is 20.3. The zero-order valence-electron chi connectivity index (χ0n) is 14.8. The Morgan fingerprint density at radius 2 is 1.81 bits per heavy atom. The number of amides is 1. The molecule has 0 aliphatic carbocycles. The summed E-state index contributed by atoms with van der Waals surface area (Å²) in [5.41, 5.74) is 0.862. The molecule has 1 amide bonds. The van der Waals surface area contributed by atoms with Gasteiger partial charge < -0.3 is 10.1 Å². The molecule has 7 nitrogen and oxygen atoms in total. The Labute approximate surface area is 158 Å². The van der Waals surface area contributed by atoms with Crippen LogP contribution >= 0.6 is 0 Å². The minimum Gasteiger partial charge on any atom is -0.462 e. The first-order valence-corrected chi connectivity index (χ1v) is 9.65. The van der Waals surface area contributed by atoms with E-state index in [-0.39, 0.29) is 23.6 Å². The van der Waals surface area contributed by atoms with Crippen LogP contribution in [0.3, 0.4) is 0 Å². The smallest absolute Gasteiger partial charge is 0.338 e. The standard InChI is InChI=1S/C19H20N2O5S/c1-3-11-20-27(24,25)17-10-6-7-14(13-17)18(22)21-16-9-5-8-15(12-16)19(23)26-4-2/h3,5-10,12-13,20H,1,4,11H2,2H3,(H,21,22). The Morgan fingerprint density at radius 1 is 1.11 bits per heavy atom. The van der Waals surface area contributed by atoms with E-state index in [0.717, 1.165) is 0 Å². The van der Waals surface area contributed by atoms with Crippen LogP contribution < -0.4 is 10.0 Å². The number of ether oxygens (including phenoxy) is 1. The van der Waals surface area contributed by atoms with E-state index in [0.29, 0.717) is 11.3 Å². The van der Waals surface area contributed by atoms with Gasteiger partial charge in [-0.2, -0.15) is 0 Å². The molecule has 8 heteroatoms. The van der Waals surface area contributed by atoms with Crippen LogP contribution in [0.5, 0.6) is 0 Å². The highest BCUT2D eigenvalue weighted by atomic mass is 32.2. The maximum Gasteiger partial charge on any atom is 0.338 e. The summed E-state index contributed by atoms with van der Waals surface area (Å²) in [6.45, 7) is 5.49. The molecule has 0 spiro atoms. The van der Waals surface area contributed by atoms with Gasteiger partial charge >= 0.3 is 5.97 Å². The molecule has 0 fully saturated rings. The van der Waals surface area contributed by atoms with Crippen LogP contribution in [0.15, 0.2) is 66.1 Å². The molecule has 0 aromatic heterocycles. The number of rotatable bonds is 8. The summed E-state index contributed by atoms with van der Waals surface area (Å²) in [5.74, 6) is -0.994. The average Bonchev–Trinajstić information content (AvgIpc) is 2.67. The molecule has 2 aromatic rings. The molecule has 0 bridgehead atoms. The van der Waals surface area contributed by atoms with Crippen LogP contribution in [0.4, 0.5) is 5.69 Å². The van der Waals surface area contributed by atoms with Gasteiger partial charge in [-0.05, 0) is 43.3 Å². The highest BCUT2D eigenvalue weighted by molar-refractivity contribution is 7.89. The summed E-state index contributed by atoms with van der Waals surface area (Å²) in [6, 6.07) is 11.9. The van der Waals surface area contributed by atoms with Crippen LogP contribution in [0.1, 0.15) is 27.6 Å². The van der Waals surface area contributed by atoms with Gasteiger partial charge in [0.1, 0.15) is 0 Å². The van der Waals surface area contributed by atoms with E-state index in [1.54, 1.807) is 25.1 Å². The van der Waals surface area contributed by atoms with Crippen molar-refractivity contribution in [2.45, 2.75) is 11.8 Å². The van der Waals surface area contributed by atoms with E-state index in [9.17, 15) is 18.0 Å². The molecule has 2 aromatic carbocycles. The Bertz CT molecular complexity index is 954. The van der Waals surface area contributed by atoms with Crippen molar-refractivity contribution in [1.29, 1.82) is 0 Å². The van der Waals surface area contributed by atoms with Crippen LogP contribution in [0, 0.1) is 0 Å². The van der Waals surface area contributed by atoms with E-state index in [1.165, 1.54) is 36.4 Å². The van der Waals surface area contributed by atoms with Crippen molar-refractivity contribution in [3.8, 4) is 0 Å². The summed E-state index contributed by atoms with van der Waals surface area (Å²) in [4.78, 5) is 24.2. The second-order valence-corrected chi connectivity index (χ2v) is 7.19. The summed E-state index contributed by atoms with van der Waals surface area (Å²) in [6.07, 6.45) is 1.42. The number of carbonyl (C=O) groups excluding carboxylic acids is 2. The van der Waals surface area contributed by atoms with E-state index < -0.39 is 21.9 Å². The number of hydrogen-bond acceptors (Lipinski definition) is 5. The second kappa shape index (κ2) is 9.11. The van der Waals surface area contributed by atoms with E-state index in [2.05, 4.69) is 16.6 Å². The van der Waals surface area contributed by atoms with Crippen molar-refractivity contribution in [1.82, 2.24) is 4.72 Å². The average molecular weight is 388 g/mol. The van der Waals surface area contributed by atoms with Gasteiger partial charge in [0, 0.05) is 17.8 Å². The Kier molecular flexibility index (Phi) is 6.86. The topological polar surface area (TPSA) is 102 Å². The fraction of sp³-hybridized carbons (Fsp3) is 0.158. The van der Waals surface area contributed by atoms with Crippen molar-refractivity contribution in [2.24, 2.45) is 0 Å². The third-order valence-electron chi connectivity index (χ3n) is 3.46. The van der Waals surface area contributed by atoms with Crippen LogP contribution in [-0.2, 0) is 14.8 Å². The fourth-order valence-electron chi connectivity index (χ4n) is 2.20. The van der Waals surface area contributed by atoms with Gasteiger partial charge in [0.15, 0.2) is 0 Å². The molecule has 2 rings (SSSR count). The molecule has 0 atom stereocenters. The minimum absolute atomic E-state index is 0.0303. The Hall–Kier alpha value is -2.97. The van der Waals surface area contributed by atoms with Crippen molar-refractivity contribution >= 4 is 27.6 Å². The van der Waals surface area contributed by atoms with E-state index in [1.807, 2.05) is 0 Å². The zero-order valence-corrected chi connectivity index (χ0v) is 15.6. The van der Waals surface area contributed by atoms with Gasteiger partial charge in [-0.3, -0.25) is 4.79 Å². The Balaban J connectivity index is 2.20. The number of anilines is 1. The van der Waals surface area contributed by atoms with Gasteiger partial charge in [0.2, 0.25) is 10.0 Å². The molecule has 0 aliphatic heterocycles. The van der Waals surface area contributed by atoms with Crippen molar-refractivity contribution < 1.29 is 22.7 Å². The lowest BCUT2D eigenvalue weighted by Crippen LogP contribution is -2.24. The maximum atomic E-state index is 12.5. The largest absolute Gasteiger partial charge is 0.462 e. The first-order valence-electron chi connectivity index (χ1n) is 8.16. The molecule has 2 N–H and O–H groups in total. The molecular formula is C19H20N2O5S. The van der Waals surface area contributed by atoms with Gasteiger partial charge in [-0.15, -0.1) is 6.58 Å². The lowest BCUT2D eigenvalue weighted by molar-refractivity contribution is 0.0526. The highest BCUT2D eigenvalue weighted by Gasteiger charge is 2.16. The SMILES string of the molecule is C=CCNS(=O)(=O)c1cccc(C(=O)Nc2cccc(C(=O)OCC)c2)c1. The number of hydrogen-bond donors (Lipinski definition) is 2. The second-order valence-electron chi connectivity index (χ2n) is 5.42. The predicted molar refractivity (Wildman–Crippen MR) is 102 cm³/mol. The number of sulfonamides is 1. The van der Waals surface area contributed by atoms with E-state index in [4.69, 9.17) is 4.74 Å². The van der Waals surface area contributed by atoms with Gasteiger partial charge in [0.25, 0.3) is 5.91 Å². The van der Waals surface area contributed by atoms with Gasteiger partial charge in [0.05, 0.1) is 17.1 Å². The zero-order chi connectivity index (χ0) is 19.9. The molecule has 27 heavy (non-hydrogen) atoms. The summed E-state index contributed by atoms with van der Waals surface area (Å²) in [5, 5.41) is 2.64. The van der Waals surface area contributed by atoms with Crippen molar-refractivity contribution in [3.63, 3.8) is 0 Å². The lowest BCUT2D eigenvalue weighted by atomic mass is 10.1. The Morgan fingerprint density at radius 3 is 2.52 bits per heavy atom. The molecule has 0 unspecified atom stereocenters. The number of benzene rings is 2. The van der Waals surface area contributed by atoms with Gasteiger partial charge in [-0.1, -0.05) is 18.2 Å². The molecule has 0 saturated heterocycles. The van der Waals surface area contributed by atoms with Gasteiger partial charge in [-0.25, -0.2) is 17.9 Å². The summed E-state index contributed by atoms with van der Waals surface area (Å²) < 4.78 is 31.6. The molecule has 0 heterocycles. The quantitative estimate of drug-likeness (QED) is 0.535. The number of carbonyl (C=O) groups is 2. The highest BCUT2D eigenvalue weighted by Crippen LogP contribution is 2.16. The maximum absolute atomic E-state index is 12.5. The first-order chi connectivity index (χ1) is 12.9. The van der Waals surface area contributed by atoms with Crippen LogP contribution in [0.25, 0.3) is 0 Å². The summed E-state index contributed by atoms with van der Waals surface area (Å²) in [7, 11) is -3.74. The molecule has 142 valence electrons. The molecule has 0 saturated carbocycles. The lowest BCUT2D eigenvalue weighted by Gasteiger charge is -2.09. The number of nitrogens with one attached hydrogen (secondary N) is 2. The minimum atomic E-state index is -3.74. The molecular weight excluding hydrogens is 368 g/mol. The van der Waals surface area contributed by atoms with Crippen LogP contribution in [0.2, 0.25) is 0 Å². The third kappa shape index (κ3) is 5.50. The van der Waals surface area contributed by atoms with Crippen molar-refractivity contribution in [2.75, 3.05) is 18.5 Å². The number of esters is 1.